The Morgan fingerprint density at radius 3 is 2.80 bits per heavy atom. The number of hydrazine groups is 1. The highest BCUT2D eigenvalue weighted by Crippen LogP contribution is 2.29. The van der Waals surface area contributed by atoms with Crippen LogP contribution in [-0.4, -0.2) is 52.1 Å². The van der Waals surface area contributed by atoms with Gasteiger partial charge in [-0.25, -0.2) is 5.01 Å². The average Bonchev–Trinajstić information content (AvgIpc) is 3.62. The van der Waals surface area contributed by atoms with Crippen molar-refractivity contribution in [1.82, 2.24) is 15.2 Å². The second-order valence-corrected chi connectivity index (χ2v) is 9.82. The fraction of sp³-hybridized carbons (Fsp3) is 0.500. The molecule has 11 heteroatoms. The number of rotatable bonds is 14. The molecule has 1 aromatic heterocycles. The number of aromatic nitrogens is 2. The van der Waals surface area contributed by atoms with Gasteiger partial charge >= 0.3 is 6.11 Å². The fourth-order valence-corrected chi connectivity index (χ4v) is 4.25. The second kappa shape index (κ2) is 13.0. The van der Waals surface area contributed by atoms with E-state index in [1.54, 1.807) is 23.2 Å². The number of alkyl halides is 2. The zero-order chi connectivity index (χ0) is 25.3. The van der Waals surface area contributed by atoms with E-state index in [9.17, 15) is 13.6 Å². The van der Waals surface area contributed by atoms with Crippen LogP contribution in [0.4, 0.5) is 14.6 Å². The molecule has 190 valence electrons. The van der Waals surface area contributed by atoms with Crippen LogP contribution in [0.2, 0.25) is 0 Å². The minimum absolute atomic E-state index is 0.0214. The minimum atomic E-state index is -3.21. The van der Waals surface area contributed by atoms with E-state index in [0.29, 0.717) is 32.0 Å². The summed E-state index contributed by atoms with van der Waals surface area (Å²) in [6.07, 6.45) is 1.91. The van der Waals surface area contributed by atoms with Crippen LogP contribution in [0.25, 0.3) is 0 Å². The highest BCUT2D eigenvalue weighted by atomic mass is 31.1. The zero-order valence-electron chi connectivity index (χ0n) is 19.9. The monoisotopic (exact) mass is 506 g/mol. The van der Waals surface area contributed by atoms with Gasteiger partial charge in [0.05, 0.1) is 5.69 Å². The average molecular weight is 507 g/mol. The Morgan fingerprint density at radius 2 is 2.11 bits per heavy atom. The van der Waals surface area contributed by atoms with Crippen molar-refractivity contribution >= 4 is 25.7 Å². The minimum Gasteiger partial charge on any atom is -0.433 e. The van der Waals surface area contributed by atoms with Crippen molar-refractivity contribution in [2.24, 2.45) is 17.5 Å². The number of nitrogens with zero attached hydrogens (tertiary/aromatic N) is 3. The Hall–Kier alpha value is -2.52. The largest absolute Gasteiger partial charge is 0.433 e. The van der Waals surface area contributed by atoms with E-state index in [1.165, 1.54) is 6.07 Å². The highest BCUT2D eigenvalue weighted by Gasteiger charge is 2.29. The first-order chi connectivity index (χ1) is 16.7. The first kappa shape index (κ1) is 27.1. The number of carbonyl (C=O) groups is 1. The summed E-state index contributed by atoms with van der Waals surface area (Å²) in [5.74, 6) is 8.84. The number of ether oxygens (including phenoxy) is 1. The van der Waals surface area contributed by atoms with Crippen molar-refractivity contribution in [3.63, 3.8) is 0 Å². The third-order valence-corrected chi connectivity index (χ3v) is 6.40. The molecule has 0 saturated heterocycles. The molecule has 1 unspecified atom stereocenters. The van der Waals surface area contributed by atoms with E-state index in [0.717, 1.165) is 51.6 Å². The van der Waals surface area contributed by atoms with E-state index in [2.05, 4.69) is 20.3 Å². The molecule has 35 heavy (non-hydrogen) atoms. The number of hydrogen-bond donors (Lipinski definition) is 3. The summed E-state index contributed by atoms with van der Waals surface area (Å²) >= 11 is 0. The highest BCUT2D eigenvalue weighted by molar-refractivity contribution is 7.37. The SMILES string of the molecule is CC(F)(F)Oc1cccc(C/P=C/C(N)CN(N)CCCCc2ccc(NC(=O)C3CC3)nn2)c1. The predicted molar refractivity (Wildman–Crippen MR) is 134 cm³/mol. The molecule has 1 saturated carbocycles. The Bertz CT molecular complexity index is 983. The molecule has 1 aliphatic rings. The summed E-state index contributed by atoms with van der Waals surface area (Å²) in [7, 11) is 0.971. The molecule has 1 atom stereocenters. The van der Waals surface area contributed by atoms with E-state index >= 15 is 0 Å². The molecule has 2 aromatic rings. The van der Waals surface area contributed by atoms with Crippen LogP contribution in [0.15, 0.2) is 36.4 Å². The number of aryl methyl sites for hydroxylation is 1. The molecule has 5 N–H and O–H groups in total. The summed E-state index contributed by atoms with van der Waals surface area (Å²) in [5.41, 5.74) is 7.93. The van der Waals surface area contributed by atoms with Gasteiger partial charge in [-0.05, 0) is 67.7 Å². The molecule has 1 aliphatic carbocycles. The normalized spacial score (nSPS) is 14.9. The van der Waals surface area contributed by atoms with Crippen LogP contribution in [0.3, 0.4) is 0 Å². The number of anilines is 1. The number of carbonyl (C=O) groups excluding carboxylic acids is 1. The van der Waals surface area contributed by atoms with Gasteiger partial charge in [0, 0.05) is 38.1 Å². The maximum absolute atomic E-state index is 13.0. The zero-order valence-corrected chi connectivity index (χ0v) is 20.8. The molecule has 1 amide bonds. The Morgan fingerprint density at radius 1 is 1.31 bits per heavy atom. The van der Waals surface area contributed by atoms with E-state index in [1.807, 2.05) is 17.9 Å². The molecule has 0 aliphatic heterocycles. The standard InChI is InChI=1S/C24H33F2N6O2P/c1-24(25,26)34-21-7-4-5-17(13-21)15-35-16-19(27)14-32(28)12-3-2-6-20-10-11-22(31-30-20)29-23(33)18-8-9-18/h4-5,7,10-11,13,16,18-19H,2-3,6,8-9,12,14-15,27-28H2,1H3,(H,29,31,33). The quantitative estimate of drug-likeness (QED) is 0.155. The third kappa shape index (κ3) is 10.7. The van der Waals surface area contributed by atoms with Gasteiger partial charge in [0.25, 0.3) is 0 Å². The number of hydrogen-bond acceptors (Lipinski definition) is 7. The fourth-order valence-electron chi connectivity index (χ4n) is 3.37. The molecule has 0 bridgehead atoms. The summed E-state index contributed by atoms with van der Waals surface area (Å²) in [6.45, 7) is 1.94. The third-order valence-electron chi connectivity index (χ3n) is 5.26. The topological polar surface area (TPSA) is 119 Å². The van der Waals surface area contributed by atoms with Gasteiger partial charge in [-0.3, -0.25) is 10.6 Å². The molecule has 3 rings (SSSR count). The first-order valence-electron chi connectivity index (χ1n) is 11.7. The van der Waals surface area contributed by atoms with Gasteiger partial charge in [-0.2, -0.15) is 13.9 Å². The molecular weight excluding hydrogens is 473 g/mol. The summed E-state index contributed by atoms with van der Waals surface area (Å²) in [6, 6.07) is 10.1. The van der Waals surface area contributed by atoms with Crippen LogP contribution in [0, 0.1) is 5.92 Å². The van der Waals surface area contributed by atoms with Crippen molar-refractivity contribution in [2.75, 3.05) is 18.4 Å². The Labute approximate surface area is 206 Å². The van der Waals surface area contributed by atoms with Gasteiger partial charge in [-0.1, -0.05) is 12.1 Å². The number of halogens is 2. The molecular formula is C24H33F2N6O2P. The van der Waals surface area contributed by atoms with Gasteiger partial charge < -0.3 is 15.8 Å². The number of unbranched alkanes of at least 4 members (excludes halogenated alkanes) is 1. The van der Waals surface area contributed by atoms with Crippen LogP contribution >= 0.6 is 8.20 Å². The lowest BCUT2D eigenvalue weighted by Crippen LogP contribution is -2.42. The maximum atomic E-state index is 13.0. The predicted octanol–water partition coefficient (Wildman–Crippen LogP) is 3.59. The molecule has 0 radical (unpaired) electrons. The van der Waals surface area contributed by atoms with Crippen LogP contribution in [0.5, 0.6) is 5.75 Å². The Kier molecular flexibility index (Phi) is 10.0. The smallest absolute Gasteiger partial charge is 0.394 e. The van der Waals surface area contributed by atoms with Gasteiger partial charge in [-0.15, -0.1) is 13.3 Å². The number of nitrogens with one attached hydrogen (secondary N) is 1. The lowest BCUT2D eigenvalue weighted by atomic mass is 10.2. The lowest BCUT2D eigenvalue weighted by Gasteiger charge is -2.18. The van der Waals surface area contributed by atoms with Crippen molar-refractivity contribution in [2.45, 2.75) is 57.3 Å². The van der Waals surface area contributed by atoms with Crippen LogP contribution in [-0.2, 0) is 17.4 Å². The lowest BCUT2D eigenvalue weighted by molar-refractivity contribution is -0.159. The summed E-state index contributed by atoms with van der Waals surface area (Å²) in [5, 5.41) is 12.7. The Balaban J connectivity index is 1.30. The van der Waals surface area contributed by atoms with E-state index in [-0.39, 0.29) is 23.6 Å². The van der Waals surface area contributed by atoms with Gasteiger partial charge in [0.1, 0.15) is 5.75 Å². The van der Waals surface area contributed by atoms with E-state index < -0.39 is 6.11 Å². The molecule has 8 nitrogen and oxygen atoms in total. The van der Waals surface area contributed by atoms with E-state index in [4.69, 9.17) is 11.6 Å². The molecule has 1 heterocycles. The molecule has 0 spiro atoms. The van der Waals surface area contributed by atoms with Crippen LogP contribution in [0.1, 0.15) is 43.9 Å². The van der Waals surface area contributed by atoms with Crippen molar-refractivity contribution in [3.8, 4) is 5.75 Å². The molecule has 1 aromatic carbocycles. The number of benzene rings is 1. The maximum Gasteiger partial charge on any atom is 0.394 e. The van der Waals surface area contributed by atoms with Crippen LogP contribution < -0.4 is 21.6 Å². The summed E-state index contributed by atoms with van der Waals surface area (Å²) in [4.78, 5) is 11.8. The van der Waals surface area contributed by atoms with Gasteiger partial charge in [0.15, 0.2) is 5.82 Å². The van der Waals surface area contributed by atoms with Crippen molar-refractivity contribution in [3.05, 3.63) is 47.7 Å². The first-order valence-corrected chi connectivity index (χ1v) is 12.9. The second-order valence-electron chi connectivity index (χ2n) is 8.84. The summed E-state index contributed by atoms with van der Waals surface area (Å²) < 4.78 is 30.6. The number of amides is 1. The number of nitrogens with two attached hydrogens (primary N) is 2. The van der Waals surface area contributed by atoms with Crippen molar-refractivity contribution < 1.29 is 18.3 Å². The van der Waals surface area contributed by atoms with Crippen molar-refractivity contribution in [1.29, 1.82) is 0 Å². The molecule has 1 fully saturated rings. The van der Waals surface area contributed by atoms with Gasteiger partial charge in [0.2, 0.25) is 5.91 Å².